The highest BCUT2D eigenvalue weighted by Crippen LogP contribution is 2.40. The number of hydrogen-bond acceptors (Lipinski definition) is 4. The van der Waals surface area contributed by atoms with Gasteiger partial charge in [-0.2, -0.15) is 22.1 Å². The number of aryl methyl sites for hydroxylation is 1. The van der Waals surface area contributed by atoms with Gasteiger partial charge in [-0.1, -0.05) is 12.8 Å². The Morgan fingerprint density at radius 3 is 2.36 bits per heavy atom. The third kappa shape index (κ3) is 3.63. The summed E-state index contributed by atoms with van der Waals surface area (Å²) in [5.74, 6) is 0.330. The fraction of sp³-hybridized carbons (Fsp3) is 0.824. The second kappa shape index (κ2) is 6.98. The lowest BCUT2D eigenvalue weighted by Gasteiger charge is -2.28. The van der Waals surface area contributed by atoms with Gasteiger partial charge >= 0.3 is 0 Å². The predicted octanol–water partition coefficient (Wildman–Crippen LogP) is 1.65. The van der Waals surface area contributed by atoms with Crippen molar-refractivity contribution in [1.82, 2.24) is 18.4 Å². The molecule has 8 heteroatoms. The average Bonchev–Trinajstić information content (AvgIpc) is 3.41. The number of aliphatic hydroxyl groups is 1. The molecule has 3 aliphatic rings. The molecule has 3 heterocycles. The van der Waals surface area contributed by atoms with E-state index in [-0.39, 0.29) is 0 Å². The normalized spacial score (nSPS) is 25.2. The van der Waals surface area contributed by atoms with Crippen LogP contribution in [0.2, 0.25) is 0 Å². The lowest BCUT2D eigenvalue weighted by molar-refractivity contribution is 0.148. The molecule has 1 saturated heterocycles. The zero-order chi connectivity index (χ0) is 17.4. The van der Waals surface area contributed by atoms with Crippen LogP contribution in [-0.4, -0.2) is 51.5 Å². The van der Waals surface area contributed by atoms with E-state index in [9.17, 15) is 13.5 Å². The highest BCUT2D eigenvalue weighted by molar-refractivity contribution is 7.86. The minimum absolute atomic E-state index is 0.330. The molecule has 1 aromatic rings. The molecule has 0 amide bonds. The van der Waals surface area contributed by atoms with Gasteiger partial charge in [-0.25, -0.2) is 0 Å². The topological polar surface area (TPSA) is 78.7 Å². The maximum atomic E-state index is 13.1. The zero-order valence-corrected chi connectivity index (χ0v) is 15.5. The van der Waals surface area contributed by atoms with E-state index in [4.69, 9.17) is 0 Å². The Morgan fingerprint density at radius 2 is 1.68 bits per heavy atom. The molecule has 0 aromatic carbocycles. The molecule has 1 aromatic heterocycles. The summed E-state index contributed by atoms with van der Waals surface area (Å²) in [7, 11) is -3.43. The van der Waals surface area contributed by atoms with E-state index in [1.165, 1.54) is 0 Å². The van der Waals surface area contributed by atoms with Crippen molar-refractivity contribution in [2.45, 2.75) is 64.1 Å². The van der Waals surface area contributed by atoms with Gasteiger partial charge in [0.25, 0.3) is 10.2 Å². The Balaban J connectivity index is 1.53. The van der Waals surface area contributed by atoms with Crippen molar-refractivity contribution in [2.75, 3.05) is 19.6 Å². The van der Waals surface area contributed by atoms with Crippen molar-refractivity contribution in [1.29, 1.82) is 0 Å². The van der Waals surface area contributed by atoms with Gasteiger partial charge in [-0.15, -0.1) is 0 Å². The van der Waals surface area contributed by atoms with Crippen molar-refractivity contribution in [3.8, 4) is 0 Å². The molecule has 7 nitrogen and oxygen atoms in total. The zero-order valence-electron chi connectivity index (χ0n) is 14.7. The number of aromatic nitrogens is 2. The van der Waals surface area contributed by atoms with Crippen molar-refractivity contribution in [3.05, 3.63) is 17.5 Å². The average molecular weight is 369 g/mol. The predicted molar refractivity (Wildman–Crippen MR) is 93.9 cm³/mol. The number of rotatable bonds is 4. The lowest BCUT2D eigenvalue weighted by atomic mass is 10.1. The first-order valence-electron chi connectivity index (χ1n) is 9.55. The van der Waals surface area contributed by atoms with Crippen LogP contribution >= 0.6 is 0 Å². The van der Waals surface area contributed by atoms with Gasteiger partial charge in [0, 0.05) is 26.2 Å². The van der Waals surface area contributed by atoms with E-state index in [2.05, 4.69) is 5.10 Å². The molecular weight excluding hydrogens is 340 g/mol. The molecule has 4 rings (SSSR count). The summed E-state index contributed by atoms with van der Waals surface area (Å²) in [6, 6.07) is 1.90. The summed E-state index contributed by atoms with van der Waals surface area (Å²) >= 11 is 0. The summed E-state index contributed by atoms with van der Waals surface area (Å²) in [5, 5.41) is 14.9. The van der Waals surface area contributed by atoms with E-state index >= 15 is 0 Å². The molecule has 25 heavy (non-hydrogen) atoms. The Bertz CT molecular complexity index is 705. The Labute approximate surface area is 149 Å². The largest absolute Gasteiger partial charge is 0.386 e. The number of hydrogen-bond donors (Lipinski definition) is 1. The van der Waals surface area contributed by atoms with Gasteiger partial charge in [-0.3, -0.25) is 4.68 Å². The molecule has 1 saturated carbocycles. The molecule has 0 radical (unpaired) electrons. The number of nitrogens with zero attached hydrogens (tertiary/aromatic N) is 4. The maximum absolute atomic E-state index is 13.1. The first-order valence-corrected chi connectivity index (χ1v) is 11.0. The molecule has 140 valence electrons. The summed E-state index contributed by atoms with van der Waals surface area (Å²) in [4.78, 5) is 0. The summed E-state index contributed by atoms with van der Waals surface area (Å²) < 4.78 is 31.3. The molecule has 1 unspecified atom stereocenters. The number of fused-ring (bicyclic) bond motifs is 1. The molecule has 2 fully saturated rings. The van der Waals surface area contributed by atoms with E-state index in [0.29, 0.717) is 44.3 Å². The Morgan fingerprint density at radius 1 is 1.00 bits per heavy atom. The van der Waals surface area contributed by atoms with Crippen LogP contribution < -0.4 is 0 Å². The Kier molecular flexibility index (Phi) is 4.87. The van der Waals surface area contributed by atoms with E-state index in [1.807, 2.05) is 10.7 Å². The number of aliphatic hydroxyl groups excluding tert-OH is 1. The van der Waals surface area contributed by atoms with Crippen LogP contribution in [0.3, 0.4) is 0 Å². The first-order chi connectivity index (χ1) is 12.1. The van der Waals surface area contributed by atoms with Gasteiger partial charge in [-0.05, 0) is 44.1 Å². The molecule has 1 atom stereocenters. The molecule has 0 bridgehead atoms. The SMILES string of the molecule is O=S(=O)(N1CCCCCC1)N1CCCn2nc(C(O)C3CC3)cc2C1. The molecule has 0 spiro atoms. The van der Waals surface area contributed by atoms with Gasteiger partial charge in [0.15, 0.2) is 0 Å². The Hall–Kier alpha value is -0.960. The minimum Gasteiger partial charge on any atom is -0.386 e. The fourth-order valence-electron chi connectivity index (χ4n) is 3.89. The van der Waals surface area contributed by atoms with Crippen molar-refractivity contribution >= 4 is 10.2 Å². The smallest absolute Gasteiger partial charge is 0.282 e. The monoisotopic (exact) mass is 368 g/mol. The molecular formula is C17H28N4O3S. The van der Waals surface area contributed by atoms with E-state index in [0.717, 1.165) is 50.6 Å². The second-order valence-corrected chi connectivity index (χ2v) is 9.50. The van der Waals surface area contributed by atoms with Crippen molar-refractivity contribution in [3.63, 3.8) is 0 Å². The summed E-state index contributed by atoms with van der Waals surface area (Å²) in [6.45, 7) is 2.85. The van der Waals surface area contributed by atoms with Gasteiger partial charge in [0.1, 0.15) is 6.10 Å². The fourth-order valence-corrected chi connectivity index (χ4v) is 5.59. The summed E-state index contributed by atoms with van der Waals surface area (Å²) in [5.41, 5.74) is 1.59. The third-order valence-corrected chi connectivity index (χ3v) is 7.57. The van der Waals surface area contributed by atoms with Crippen LogP contribution in [0.5, 0.6) is 0 Å². The van der Waals surface area contributed by atoms with Crippen LogP contribution in [0.4, 0.5) is 0 Å². The molecule has 1 N–H and O–H groups in total. The van der Waals surface area contributed by atoms with E-state index in [1.54, 1.807) is 8.61 Å². The highest BCUT2D eigenvalue weighted by Gasteiger charge is 2.35. The van der Waals surface area contributed by atoms with Gasteiger partial charge in [0.05, 0.1) is 17.9 Å². The van der Waals surface area contributed by atoms with Crippen LogP contribution in [0.1, 0.15) is 62.4 Å². The van der Waals surface area contributed by atoms with Gasteiger partial charge < -0.3 is 5.11 Å². The maximum Gasteiger partial charge on any atom is 0.282 e. The molecule has 2 aliphatic heterocycles. The molecule has 1 aliphatic carbocycles. The van der Waals surface area contributed by atoms with Crippen molar-refractivity contribution < 1.29 is 13.5 Å². The van der Waals surface area contributed by atoms with Crippen molar-refractivity contribution in [2.24, 2.45) is 5.92 Å². The van der Waals surface area contributed by atoms with Crippen LogP contribution in [0.15, 0.2) is 6.07 Å². The van der Waals surface area contributed by atoms with E-state index < -0.39 is 16.3 Å². The van der Waals surface area contributed by atoms with Crippen LogP contribution in [0.25, 0.3) is 0 Å². The second-order valence-electron chi connectivity index (χ2n) is 7.57. The van der Waals surface area contributed by atoms with Crippen LogP contribution in [0, 0.1) is 5.92 Å². The van der Waals surface area contributed by atoms with Crippen LogP contribution in [-0.2, 0) is 23.3 Å². The third-order valence-electron chi connectivity index (χ3n) is 5.59. The summed E-state index contributed by atoms with van der Waals surface area (Å²) in [6.07, 6.45) is 6.47. The minimum atomic E-state index is -3.43. The highest BCUT2D eigenvalue weighted by atomic mass is 32.2. The first kappa shape index (κ1) is 17.5. The quantitative estimate of drug-likeness (QED) is 0.876. The standard InChI is InChI=1S/C17H28N4O3S/c22-17(14-6-7-14)16-12-15-13-20(10-5-11-21(15)18-16)25(23,24)19-8-3-1-2-4-9-19/h12,14,17,22H,1-11,13H2. The van der Waals surface area contributed by atoms with Gasteiger partial charge in [0.2, 0.25) is 0 Å². The lowest BCUT2D eigenvalue weighted by Crippen LogP contribution is -2.44.